The summed E-state index contributed by atoms with van der Waals surface area (Å²) in [5.41, 5.74) is -0.0919. The van der Waals surface area contributed by atoms with Crippen molar-refractivity contribution in [2.24, 2.45) is 0 Å². The first-order valence-electron chi connectivity index (χ1n) is 7.90. The molecule has 1 atom stereocenters. The number of benzene rings is 4. The van der Waals surface area contributed by atoms with E-state index in [0.29, 0.717) is 32.5 Å². The monoisotopic (exact) mass is 332 g/mol. The van der Waals surface area contributed by atoms with Gasteiger partial charge in [0.05, 0.1) is 16.7 Å². The van der Waals surface area contributed by atoms with E-state index in [4.69, 9.17) is 0 Å². The van der Waals surface area contributed by atoms with Gasteiger partial charge in [0.2, 0.25) is 0 Å². The van der Waals surface area contributed by atoms with E-state index >= 15 is 0 Å². The van der Waals surface area contributed by atoms with Crippen LogP contribution in [-0.4, -0.2) is 15.3 Å². The molecule has 0 heterocycles. The van der Waals surface area contributed by atoms with Crippen molar-refractivity contribution in [1.29, 1.82) is 0 Å². The Morgan fingerprint density at radius 3 is 2.20 bits per heavy atom. The molecule has 5 heteroatoms. The lowest BCUT2D eigenvalue weighted by Gasteiger charge is -2.23. The second-order valence-corrected chi connectivity index (χ2v) is 6.44. The Kier molecular flexibility index (Phi) is 2.53. The second-order valence-electron chi connectivity index (χ2n) is 6.44. The minimum atomic E-state index is -0.996. The molecule has 0 saturated heterocycles. The van der Waals surface area contributed by atoms with Crippen LogP contribution in [0.15, 0.2) is 46.0 Å². The molecule has 3 N–H and O–H groups in total. The molecule has 0 amide bonds. The summed E-state index contributed by atoms with van der Waals surface area (Å²) in [4.78, 5) is 24.6. The second kappa shape index (κ2) is 4.46. The summed E-state index contributed by atoms with van der Waals surface area (Å²) in [5.74, 6) is -0.243. The molecular weight excluding hydrogens is 320 g/mol. The number of fused-ring (bicyclic) bond motifs is 2. The van der Waals surface area contributed by atoms with Crippen molar-refractivity contribution in [3.8, 4) is 5.75 Å². The minimum absolute atomic E-state index is 0.0597. The van der Waals surface area contributed by atoms with Gasteiger partial charge in [-0.1, -0.05) is 12.1 Å². The molecule has 0 aliphatic heterocycles. The van der Waals surface area contributed by atoms with Crippen LogP contribution < -0.4 is 16.1 Å². The Hall–Kier alpha value is -3.18. The fourth-order valence-electron chi connectivity index (χ4n) is 4.14. The van der Waals surface area contributed by atoms with Gasteiger partial charge in [0.15, 0.2) is 10.9 Å². The summed E-state index contributed by atoms with van der Waals surface area (Å²) in [6.07, 6.45) is -1.06. The van der Waals surface area contributed by atoms with E-state index in [1.54, 1.807) is 18.2 Å². The molecule has 1 unspecified atom stereocenters. The Labute approximate surface area is 140 Å². The zero-order valence-electron chi connectivity index (χ0n) is 12.9. The average Bonchev–Trinajstić information content (AvgIpc) is 2.57. The van der Waals surface area contributed by atoms with Gasteiger partial charge in [0, 0.05) is 17.2 Å². The summed E-state index contributed by atoms with van der Waals surface area (Å²) in [6, 6.07) is 9.12. The minimum Gasteiger partial charge on any atom is -0.511 e. The molecule has 0 radical (unpaired) electrons. The Balaban J connectivity index is 2.29. The molecule has 4 aromatic rings. The third-order valence-corrected chi connectivity index (χ3v) is 5.13. The topological polar surface area (TPSA) is 94.8 Å². The molecule has 5 nitrogen and oxygen atoms in total. The summed E-state index contributed by atoms with van der Waals surface area (Å²) in [7, 11) is 0. The van der Waals surface area contributed by atoms with E-state index in [0.717, 1.165) is 0 Å². The molecule has 0 bridgehead atoms. The first kappa shape index (κ1) is 14.2. The van der Waals surface area contributed by atoms with E-state index in [9.17, 15) is 24.9 Å². The predicted octanol–water partition coefficient (Wildman–Crippen LogP) is 1.83. The van der Waals surface area contributed by atoms with Crippen LogP contribution >= 0.6 is 0 Å². The number of phenols is 1. The molecule has 122 valence electrons. The van der Waals surface area contributed by atoms with E-state index in [2.05, 4.69) is 0 Å². The van der Waals surface area contributed by atoms with Crippen molar-refractivity contribution in [2.45, 2.75) is 12.5 Å². The number of aromatic hydroxyl groups is 1. The fourth-order valence-corrected chi connectivity index (χ4v) is 4.14. The maximum atomic E-state index is 12.3. The molecule has 0 saturated carbocycles. The van der Waals surface area contributed by atoms with E-state index in [1.165, 1.54) is 18.2 Å². The molecule has 4 aromatic carbocycles. The highest BCUT2D eigenvalue weighted by Gasteiger charge is 2.27. The van der Waals surface area contributed by atoms with Crippen LogP contribution in [0.25, 0.3) is 38.1 Å². The van der Waals surface area contributed by atoms with Crippen molar-refractivity contribution in [3.05, 3.63) is 67.6 Å². The van der Waals surface area contributed by atoms with E-state index in [1.807, 2.05) is 0 Å². The maximum Gasteiger partial charge on any atom is 0.190 e. The van der Waals surface area contributed by atoms with Gasteiger partial charge >= 0.3 is 0 Å². The Bertz CT molecular complexity index is 1390. The molecule has 1 aliphatic carbocycles. The zero-order valence-corrected chi connectivity index (χ0v) is 12.9. The lowest BCUT2D eigenvalue weighted by Crippen LogP contribution is -2.31. The molecule has 5 rings (SSSR count). The van der Waals surface area contributed by atoms with Gasteiger partial charge < -0.3 is 15.3 Å². The summed E-state index contributed by atoms with van der Waals surface area (Å²) in [6.45, 7) is 0. The van der Waals surface area contributed by atoms with Crippen molar-refractivity contribution in [1.82, 2.24) is 0 Å². The van der Waals surface area contributed by atoms with Crippen LogP contribution in [0.5, 0.6) is 5.75 Å². The quantitative estimate of drug-likeness (QED) is 0.337. The highest BCUT2D eigenvalue weighted by Crippen LogP contribution is 2.42. The molecule has 25 heavy (non-hydrogen) atoms. The van der Waals surface area contributed by atoms with Crippen LogP contribution in [0.3, 0.4) is 0 Å². The predicted molar refractivity (Wildman–Crippen MR) is 95.2 cm³/mol. The van der Waals surface area contributed by atoms with Gasteiger partial charge in [-0.3, -0.25) is 9.59 Å². The average molecular weight is 332 g/mol. The number of phenolic OH excluding ortho intramolecular Hbond substituents is 1. The third kappa shape index (κ3) is 1.60. The third-order valence-electron chi connectivity index (χ3n) is 5.13. The molecule has 0 fully saturated rings. The summed E-state index contributed by atoms with van der Waals surface area (Å²) in [5, 5.41) is 34.5. The first-order chi connectivity index (χ1) is 12.0. The molecular formula is C20H12O5. The van der Waals surface area contributed by atoms with E-state index in [-0.39, 0.29) is 39.4 Å². The zero-order chi connectivity index (χ0) is 17.5. The highest BCUT2D eigenvalue weighted by molar-refractivity contribution is 6.24. The first-order valence-corrected chi connectivity index (χ1v) is 7.90. The smallest absolute Gasteiger partial charge is 0.190 e. The van der Waals surface area contributed by atoms with Crippen LogP contribution in [-0.2, 0) is 0 Å². The van der Waals surface area contributed by atoms with Crippen LogP contribution in [0.2, 0.25) is 0 Å². The lowest BCUT2D eigenvalue weighted by molar-refractivity contribution is 0.176. The molecule has 1 aliphatic rings. The van der Waals surface area contributed by atoms with Gasteiger partial charge in [0.1, 0.15) is 11.5 Å². The SMILES string of the molecule is O=c1ccc2c3c(c4ccc(=O)c5c(O)ccc2c45)C(O)CC(O)=c13. The van der Waals surface area contributed by atoms with Crippen LogP contribution in [0.1, 0.15) is 18.1 Å². The number of rotatable bonds is 0. The maximum absolute atomic E-state index is 12.3. The number of hydrogen-bond donors (Lipinski definition) is 3. The van der Waals surface area contributed by atoms with Crippen molar-refractivity contribution < 1.29 is 15.3 Å². The number of aliphatic hydroxyl groups excluding tert-OH is 2. The van der Waals surface area contributed by atoms with Crippen LogP contribution in [0, 0.1) is 0 Å². The highest BCUT2D eigenvalue weighted by atomic mass is 16.3. The summed E-state index contributed by atoms with van der Waals surface area (Å²) < 4.78 is 0. The van der Waals surface area contributed by atoms with Crippen molar-refractivity contribution in [3.63, 3.8) is 0 Å². The Morgan fingerprint density at radius 2 is 1.40 bits per heavy atom. The van der Waals surface area contributed by atoms with E-state index < -0.39 is 6.10 Å². The summed E-state index contributed by atoms with van der Waals surface area (Å²) >= 11 is 0. The van der Waals surface area contributed by atoms with Gasteiger partial charge in [0.25, 0.3) is 0 Å². The Morgan fingerprint density at radius 1 is 0.760 bits per heavy atom. The number of hydrogen-bond acceptors (Lipinski definition) is 5. The molecule has 0 aromatic heterocycles. The number of aliphatic hydroxyl groups is 2. The standard InChI is InChI=1S/C20H12O5/c21-11-4-1-8-9-2-5-13(23)20-15(25)7-14(24)17(18(9)20)10-3-6-12(22)19(11)16(8)10/h1-6,14,21,24-25H,7H2. The normalized spacial score (nSPS) is 17.0. The van der Waals surface area contributed by atoms with Gasteiger partial charge in [-0.05, 0) is 46.0 Å². The van der Waals surface area contributed by atoms with Crippen LogP contribution in [0.4, 0.5) is 0 Å². The molecule has 0 spiro atoms. The van der Waals surface area contributed by atoms with Crippen molar-refractivity contribution in [2.75, 3.05) is 0 Å². The lowest BCUT2D eigenvalue weighted by atomic mass is 9.83. The van der Waals surface area contributed by atoms with Gasteiger partial charge in [-0.25, -0.2) is 0 Å². The van der Waals surface area contributed by atoms with Gasteiger partial charge in [-0.2, -0.15) is 0 Å². The largest absolute Gasteiger partial charge is 0.511 e. The van der Waals surface area contributed by atoms with Crippen molar-refractivity contribution >= 4 is 38.1 Å². The van der Waals surface area contributed by atoms with Gasteiger partial charge in [-0.15, -0.1) is 0 Å². The fraction of sp³-hybridized carbons (Fsp3) is 0.100.